The van der Waals surface area contributed by atoms with Crippen LogP contribution in [0.3, 0.4) is 0 Å². The SMILES string of the molecule is Cc1ccn2ncc(C(=O)N3CCC[C@H]3Cc3cccc(F)c3)c2n1. The molecule has 1 aromatic carbocycles. The van der Waals surface area contributed by atoms with Gasteiger partial charge in [0.15, 0.2) is 5.65 Å². The zero-order chi connectivity index (χ0) is 17.4. The van der Waals surface area contributed by atoms with E-state index >= 15 is 0 Å². The largest absolute Gasteiger partial charge is 0.335 e. The Morgan fingerprint density at radius 3 is 3.08 bits per heavy atom. The Bertz CT molecular complexity index is 936. The number of amides is 1. The predicted molar refractivity (Wildman–Crippen MR) is 91.9 cm³/mol. The van der Waals surface area contributed by atoms with Gasteiger partial charge in [-0.25, -0.2) is 13.9 Å². The number of aromatic nitrogens is 3. The zero-order valence-electron chi connectivity index (χ0n) is 14.0. The molecule has 4 rings (SSSR count). The summed E-state index contributed by atoms with van der Waals surface area (Å²) in [5, 5.41) is 4.23. The van der Waals surface area contributed by atoms with Gasteiger partial charge in [0.05, 0.1) is 6.20 Å². The van der Waals surface area contributed by atoms with Crippen molar-refractivity contribution in [2.24, 2.45) is 0 Å². The summed E-state index contributed by atoms with van der Waals surface area (Å²) in [6, 6.07) is 8.54. The highest BCUT2D eigenvalue weighted by atomic mass is 19.1. The third-order valence-electron chi connectivity index (χ3n) is 4.74. The number of carbonyl (C=O) groups is 1. The predicted octanol–water partition coefficient (Wildman–Crippen LogP) is 3.02. The monoisotopic (exact) mass is 338 g/mol. The van der Waals surface area contributed by atoms with E-state index in [-0.39, 0.29) is 17.8 Å². The lowest BCUT2D eigenvalue weighted by atomic mass is 10.0. The fourth-order valence-electron chi connectivity index (χ4n) is 3.52. The topological polar surface area (TPSA) is 50.5 Å². The van der Waals surface area contributed by atoms with Gasteiger partial charge in [0.1, 0.15) is 11.4 Å². The van der Waals surface area contributed by atoms with Crippen molar-refractivity contribution in [1.29, 1.82) is 0 Å². The average molecular weight is 338 g/mol. The summed E-state index contributed by atoms with van der Waals surface area (Å²) in [6.07, 6.45) is 5.94. The first-order valence-electron chi connectivity index (χ1n) is 8.48. The fourth-order valence-corrected chi connectivity index (χ4v) is 3.52. The molecule has 1 aliphatic heterocycles. The Morgan fingerprint density at radius 1 is 1.36 bits per heavy atom. The Labute approximate surface area is 145 Å². The molecule has 1 aliphatic rings. The number of nitrogens with zero attached hydrogens (tertiary/aromatic N) is 4. The third-order valence-corrected chi connectivity index (χ3v) is 4.74. The van der Waals surface area contributed by atoms with Crippen LogP contribution in [0.25, 0.3) is 5.65 Å². The highest BCUT2D eigenvalue weighted by Gasteiger charge is 2.31. The van der Waals surface area contributed by atoms with Gasteiger partial charge in [-0.05, 0) is 49.9 Å². The molecule has 0 radical (unpaired) electrons. The second-order valence-corrected chi connectivity index (χ2v) is 6.52. The van der Waals surface area contributed by atoms with Crippen LogP contribution in [0.1, 0.15) is 34.5 Å². The van der Waals surface area contributed by atoms with E-state index in [0.29, 0.717) is 24.2 Å². The van der Waals surface area contributed by atoms with Crippen LogP contribution in [0.4, 0.5) is 4.39 Å². The number of likely N-dealkylation sites (tertiary alicyclic amines) is 1. The Balaban J connectivity index is 1.60. The molecule has 0 unspecified atom stereocenters. The number of benzene rings is 1. The van der Waals surface area contributed by atoms with Crippen molar-refractivity contribution in [3.63, 3.8) is 0 Å². The maximum atomic E-state index is 13.4. The van der Waals surface area contributed by atoms with Gasteiger partial charge in [-0.1, -0.05) is 12.1 Å². The van der Waals surface area contributed by atoms with Crippen LogP contribution in [0, 0.1) is 12.7 Å². The molecule has 0 saturated carbocycles. The maximum absolute atomic E-state index is 13.4. The van der Waals surface area contributed by atoms with E-state index in [4.69, 9.17) is 0 Å². The van der Waals surface area contributed by atoms with Gasteiger partial charge in [0, 0.05) is 24.5 Å². The van der Waals surface area contributed by atoms with Gasteiger partial charge in [-0.15, -0.1) is 0 Å². The highest BCUT2D eigenvalue weighted by Crippen LogP contribution is 2.24. The molecular formula is C19H19FN4O. The molecule has 1 amide bonds. The molecule has 0 N–H and O–H groups in total. The minimum atomic E-state index is -0.240. The molecule has 25 heavy (non-hydrogen) atoms. The molecule has 3 heterocycles. The average Bonchev–Trinajstić information content (AvgIpc) is 3.21. The molecule has 0 aliphatic carbocycles. The summed E-state index contributed by atoms with van der Waals surface area (Å²) in [7, 11) is 0. The van der Waals surface area contributed by atoms with Gasteiger partial charge in [-0.3, -0.25) is 4.79 Å². The van der Waals surface area contributed by atoms with Crippen molar-refractivity contribution in [2.75, 3.05) is 6.54 Å². The van der Waals surface area contributed by atoms with Gasteiger partial charge >= 0.3 is 0 Å². The first-order chi connectivity index (χ1) is 12.1. The van der Waals surface area contributed by atoms with Crippen LogP contribution in [-0.4, -0.2) is 38.0 Å². The fraction of sp³-hybridized carbons (Fsp3) is 0.316. The number of hydrogen-bond acceptors (Lipinski definition) is 3. The molecule has 128 valence electrons. The molecule has 0 spiro atoms. The van der Waals surface area contributed by atoms with Crippen molar-refractivity contribution < 1.29 is 9.18 Å². The zero-order valence-corrected chi connectivity index (χ0v) is 14.0. The lowest BCUT2D eigenvalue weighted by molar-refractivity contribution is 0.0738. The summed E-state index contributed by atoms with van der Waals surface area (Å²) < 4.78 is 15.1. The Hall–Kier alpha value is -2.76. The standard InChI is InChI=1S/C19H19FN4O/c1-13-7-9-24-18(22-13)17(12-21-24)19(25)23-8-3-6-16(23)11-14-4-2-5-15(20)10-14/h2,4-5,7,9-10,12,16H,3,6,8,11H2,1H3/t16-/m0/s1. The van der Waals surface area contributed by atoms with Crippen LogP contribution in [0.5, 0.6) is 0 Å². The molecule has 1 fully saturated rings. The van der Waals surface area contributed by atoms with E-state index in [1.807, 2.05) is 30.2 Å². The number of fused-ring (bicyclic) bond motifs is 1. The van der Waals surface area contributed by atoms with Crippen molar-refractivity contribution in [2.45, 2.75) is 32.2 Å². The van der Waals surface area contributed by atoms with E-state index in [1.54, 1.807) is 22.8 Å². The second kappa shape index (κ2) is 6.27. The normalized spacial score (nSPS) is 17.4. The first-order valence-corrected chi connectivity index (χ1v) is 8.48. The van der Waals surface area contributed by atoms with Crippen LogP contribution >= 0.6 is 0 Å². The van der Waals surface area contributed by atoms with Gasteiger partial charge in [0.25, 0.3) is 5.91 Å². The lowest BCUT2D eigenvalue weighted by Crippen LogP contribution is -2.36. The molecule has 0 bridgehead atoms. The van der Waals surface area contributed by atoms with E-state index in [2.05, 4.69) is 10.1 Å². The lowest BCUT2D eigenvalue weighted by Gasteiger charge is -2.24. The molecule has 1 saturated heterocycles. The minimum absolute atomic E-state index is 0.0491. The van der Waals surface area contributed by atoms with Crippen molar-refractivity contribution in [3.8, 4) is 0 Å². The summed E-state index contributed by atoms with van der Waals surface area (Å²) in [4.78, 5) is 19.4. The highest BCUT2D eigenvalue weighted by molar-refractivity contribution is 6.00. The molecule has 6 heteroatoms. The summed E-state index contributed by atoms with van der Waals surface area (Å²) in [6.45, 7) is 2.60. The minimum Gasteiger partial charge on any atom is -0.335 e. The van der Waals surface area contributed by atoms with Crippen LogP contribution in [0.15, 0.2) is 42.7 Å². The summed E-state index contributed by atoms with van der Waals surface area (Å²) >= 11 is 0. The van der Waals surface area contributed by atoms with Crippen molar-refractivity contribution in [1.82, 2.24) is 19.5 Å². The van der Waals surface area contributed by atoms with Gasteiger partial charge < -0.3 is 4.90 Å². The third kappa shape index (κ3) is 2.99. The Kier molecular flexibility index (Phi) is 3.95. The molecule has 3 aromatic rings. The number of halogens is 1. The molecule has 2 aromatic heterocycles. The number of rotatable bonds is 3. The van der Waals surface area contributed by atoms with Crippen molar-refractivity contribution >= 4 is 11.6 Å². The van der Waals surface area contributed by atoms with E-state index in [1.165, 1.54) is 6.07 Å². The van der Waals surface area contributed by atoms with E-state index in [0.717, 1.165) is 24.1 Å². The number of carbonyl (C=O) groups excluding carboxylic acids is 1. The van der Waals surface area contributed by atoms with Crippen LogP contribution < -0.4 is 0 Å². The summed E-state index contributed by atoms with van der Waals surface area (Å²) in [5.41, 5.74) is 2.87. The molecular weight excluding hydrogens is 319 g/mol. The van der Waals surface area contributed by atoms with E-state index in [9.17, 15) is 9.18 Å². The second-order valence-electron chi connectivity index (χ2n) is 6.52. The summed E-state index contributed by atoms with van der Waals surface area (Å²) in [5.74, 6) is -0.289. The Morgan fingerprint density at radius 2 is 2.24 bits per heavy atom. The maximum Gasteiger partial charge on any atom is 0.259 e. The van der Waals surface area contributed by atoms with Crippen LogP contribution in [0.2, 0.25) is 0 Å². The number of aryl methyl sites for hydroxylation is 1. The number of hydrogen-bond donors (Lipinski definition) is 0. The van der Waals surface area contributed by atoms with Crippen LogP contribution in [-0.2, 0) is 6.42 Å². The van der Waals surface area contributed by atoms with Gasteiger partial charge in [-0.2, -0.15) is 5.10 Å². The first kappa shape index (κ1) is 15.7. The molecule has 1 atom stereocenters. The molecule has 5 nitrogen and oxygen atoms in total. The smallest absolute Gasteiger partial charge is 0.259 e. The van der Waals surface area contributed by atoms with Crippen molar-refractivity contribution in [3.05, 3.63) is 65.4 Å². The van der Waals surface area contributed by atoms with Gasteiger partial charge in [0.2, 0.25) is 0 Å². The quantitative estimate of drug-likeness (QED) is 0.738. The van der Waals surface area contributed by atoms with E-state index < -0.39 is 0 Å².